The molecule has 1 amide bonds. The number of likely N-dealkylation sites (tertiary alicyclic amines) is 1. The van der Waals surface area contributed by atoms with Crippen LogP contribution in [0.15, 0.2) is 47.5 Å². The van der Waals surface area contributed by atoms with E-state index < -0.39 is 0 Å². The van der Waals surface area contributed by atoms with Crippen LogP contribution >= 0.6 is 11.6 Å². The van der Waals surface area contributed by atoms with Gasteiger partial charge in [-0.25, -0.2) is 0 Å². The van der Waals surface area contributed by atoms with Gasteiger partial charge in [-0.15, -0.1) is 0 Å². The second-order valence-corrected chi connectivity index (χ2v) is 8.54. The molecule has 5 rings (SSSR count). The molecule has 1 saturated heterocycles. The SMILES string of the molecule is C[C@@H]1CC[C@H](c2noc(-c3cc(Cl)c[nH]3)n2)CN1C(=O)c1ccnc(-c2cnn(C)c2)c1. The first-order valence-electron chi connectivity index (χ1n) is 10.4. The van der Waals surface area contributed by atoms with Gasteiger partial charge in [0.1, 0.15) is 5.69 Å². The average Bonchev–Trinajstić information content (AvgIpc) is 3.55. The molecule has 4 aromatic heterocycles. The Morgan fingerprint density at radius 3 is 2.94 bits per heavy atom. The third kappa shape index (κ3) is 3.91. The largest absolute Gasteiger partial charge is 0.356 e. The number of pyridine rings is 1. The summed E-state index contributed by atoms with van der Waals surface area (Å²) in [5.41, 5.74) is 2.86. The highest BCUT2D eigenvalue weighted by Gasteiger charge is 2.33. The maximum absolute atomic E-state index is 13.4. The van der Waals surface area contributed by atoms with Gasteiger partial charge in [0.05, 0.1) is 16.9 Å². The molecule has 0 radical (unpaired) electrons. The van der Waals surface area contributed by atoms with Gasteiger partial charge in [0.25, 0.3) is 11.8 Å². The smallest absolute Gasteiger partial charge is 0.274 e. The zero-order valence-corrected chi connectivity index (χ0v) is 18.5. The van der Waals surface area contributed by atoms with Gasteiger partial charge >= 0.3 is 0 Å². The number of carbonyl (C=O) groups excluding carboxylic acids is 1. The minimum atomic E-state index is -0.0328. The number of aryl methyl sites for hydroxylation is 1. The molecule has 0 aliphatic carbocycles. The number of hydrogen-bond donors (Lipinski definition) is 1. The molecule has 0 spiro atoms. The first kappa shape index (κ1) is 20.4. The third-order valence-electron chi connectivity index (χ3n) is 5.84. The van der Waals surface area contributed by atoms with Crippen molar-refractivity contribution in [2.45, 2.75) is 31.7 Å². The summed E-state index contributed by atoms with van der Waals surface area (Å²) in [5.74, 6) is 0.951. The number of aromatic amines is 1. The van der Waals surface area contributed by atoms with Crippen molar-refractivity contribution < 1.29 is 9.32 Å². The summed E-state index contributed by atoms with van der Waals surface area (Å²) in [5, 5.41) is 8.93. The zero-order chi connectivity index (χ0) is 22.2. The number of carbonyl (C=O) groups is 1. The minimum absolute atomic E-state index is 0.00212. The van der Waals surface area contributed by atoms with E-state index in [-0.39, 0.29) is 17.9 Å². The van der Waals surface area contributed by atoms with Crippen LogP contribution in [0, 0.1) is 0 Å². The lowest BCUT2D eigenvalue weighted by molar-refractivity contribution is 0.0604. The lowest BCUT2D eigenvalue weighted by atomic mass is 9.92. The number of hydrogen-bond acceptors (Lipinski definition) is 6. The quantitative estimate of drug-likeness (QED) is 0.504. The second kappa shape index (κ2) is 8.23. The highest BCUT2D eigenvalue weighted by molar-refractivity contribution is 6.30. The van der Waals surface area contributed by atoms with Gasteiger partial charge in [-0.3, -0.25) is 14.5 Å². The molecule has 9 nitrogen and oxygen atoms in total. The molecule has 1 fully saturated rings. The summed E-state index contributed by atoms with van der Waals surface area (Å²) in [6.07, 6.45) is 8.68. The highest BCUT2D eigenvalue weighted by Crippen LogP contribution is 2.31. The van der Waals surface area contributed by atoms with Crippen molar-refractivity contribution in [3.05, 3.63) is 59.4 Å². The standard InChI is InChI=1S/C22H22ClN7O2/c1-13-3-4-15(20-27-21(32-28-20)19-8-17(23)10-25-19)12-30(13)22(31)14-5-6-24-18(7-14)16-9-26-29(2)11-16/h5-11,13,15,25H,3-4,12H2,1-2H3/t13-,15+/m1/s1. The monoisotopic (exact) mass is 451 g/mol. The summed E-state index contributed by atoms with van der Waals surface area (Å²) < 4.78 is 7.13. The van der Waals surface area contributed by atoms with Crippen molar-refractivity contribution in [2.75, 3.05) is 6.54 Å². The number of H-pyrrole nitrogens is 1. The number of amides is 1. The molecule has 0 saturated carbocycles. The Hall–Kier alpha value is -3.46. The van der Waals surface area contributed by atoms with Crippen molar-refractivity contribution in [1.82, 2.24) is 34.8 Å². The van der Waals surface area contributed by atoms with Gasteiger partial charge in [-0.05, 0) is 38.0 Å². The molecular weight excluding hydrogens is 430 g/mol. The fraction of sp³-hybridized carbons (Fsp3) is 0.318. The topological polar surface area (TPSA) is 106 Å². The molecule has 1 N–H and O–H groups in total. The highest BCUT2D eigenvalue weighted by atomic mass is 35.5. The van der Waals surface area contributed by atoms with Crippen LogP contribution in [0.3, 0.4) is 0 Å². The molecule has 0 unspecified atom stereocenters. The summed E-state index contributed by atoms with van der Waals surface area (Å²) in [6.45, 7) is 2.59. The first-order chi connectivity index (χ1) is 15.5. The van der Waals surface area contributed by atoms with E-state index in [9.17, 15) is 4.79 Å². The van der Waals surface area contributed by atoms with Gasteiger partial charge < -0.3 is 14.4 Å². The normalized spacial score (nSPS) is 18.8. The number of aromatic nitrogens is 6. The zero-order valence-electron chi connectivity index (χ0n) is 17.7. The molecule has 1 aliphatic rings. The van der Waals surface area contributed by atoms with Crippen LogP contribution in [0.5, 0.6) is 0 Å². The van der Waals surface area contributed by atoms with E-state index in [0.29, 0.717) is 34.5 Å². The minimum Gasteiger partial charge on any atom is -0.356 e. The first-order valence-corrected chi connectivity index (χ1v) is 10.8. The fourth-order valence-corrected chi connectivity index (χ4v) is 4.21. The molecule has 5 heterocycles. The predicted molar refractivity (Wildman–Crippen MR) is 118 cm³/mol. The summed E-state index contributed by atoms with van der Waals surface area (Å²) in [6, 6.07) is 5.42. The maximum Gasteiger partial charge on any atom is 0.274 e. The van der Waals surface area contributed by atoms with Gasteiger partial charge in [0, 0.05) is 55.3 Å². The Morgan fingerprint density at radius 2 is 2.19 bits per heavy atom. The van der Waals surface area contributed by atoms with E-state index in [1.807, 2.05) is 24.2 Å². The second-order valence-electron chi connectivity index (χ2n) is 8.10. The van der Waals surface area contributed by atoms with E-state index in [4.69, 9.17) is 16.1 Å². The summed E-state index contributed by atoms with van der Waals surface area (Å²) >= 11 is 5.97. The van der Waals surface area contributed by atoms with Crippen LogP contribution in [-0.4, -0.2) is 53.3 Å². The van der Waals surface area contributed by atoms with E-state index >= 15 is 0 Å². The molecule has 4 aromatic rings. The van der Waals surface area contributed by atoms with Crippen LogP contribution in [-0.2, 0) is 7.05 Å². The van der Waals surface area contributed by atoms with Crippen molar-refractivity contribution in [1.29, 1.82) is 0 Å². The number of piperidine rings is 1. The molecule has 32 heavy (non-hydrogen) atoms. The molecular formula is C22H22ClN7O2. The number of nitrogens with one attached hydrogen (secondary N) is 1. The van der Waals surface area contributed by atoms with Gasteiger partial charge in [-0.1, -0.05) is 16.8 Å². The van der Waals surface area contributed by atoms with Crippen LogP contribution in [0.25, 0.3) is 22.8 Å². The average molecular weight is 452 g/mol. The van der Waals surface area contributed by atoms with Crippen molar-refractivity contribution >= 4 is 17.5 Å². The van der Waals surface area contributed by atoms with Crippen LogP contribution in [0.4, 0.5) is 0 Å². The fourth-order valence-electron chi connectivity index (χ4n) is 4.04. The molecule has 0 bridgehead atoms. The van der Waals surface area contributed by atoms with Crippen molar-refractivity contribution in [3.8, 4) is 22.8 Å². The van der Waals surface area contributed by atoms with E-state index in [2.05, 4.69) is 32.1 Å². The Balaban J connectivity index is 1.36. The Bertz CT molecular complexity index is 1260. The molecule has 2 atom stereocenters. The lowest BCUT2D eigenvalue weighted by Crippen LogP contribution is -2.45. The maximum atomic E-state index is 13.4. The molecule has 0 aromatic carbocycles. The van der Waals surface area contributed by atoms with Crippen molar-refractivity contribution in [2.24, 2.45) is 7.05 Å². The van der Waals surface area contributed by atoms with Gasteiger partial charge in [0.15, 0.2) is 5.82 Å². The van der Waals surface area contributed by atoms with Crippen LogP contribution in [0.1, 0.15) is 41.9 Å². The summed E-state index contributed by atoms with van der Waals surface area (Å²) in [4.78, 5) is 27.2. The van der Waals surface area contributed by atoms with E-state index in [1.54, 1.807) is 35.4 Å². The predicted octanol–water partition coefficient (Wildman–Crippen LogP) is 3.92. The number of rotatable bonds is 4. The van der Waals surface area contributed by atoms with E-state index in [1.165, 1.54) is 0 Å². The van der Waals surface area contributed by atoms with E-state index in [0.717, 1.165) is 24.1 Å². The summed E-state index contributed by atoms with van der Waals surface area (Å²) in [7, 11) is 1.85. The number of halogens is 1. The molecule has 10 heteroatoms. The lowest BCUT2D eigenvalue weighted by Gasteiger charge is -2.37. The third-order valence-corrected chi connectivity index (χ3v) is 6.05. The number of nitrogens with zero attached hydrogens (tertiary/aromatic N) is 6. The van der Waals surface area contributed by atoms with Gasteiger partial charge in [0.2, 0.25) is 0 Å². The van der Waals surface area contributed by atoms with Gasteiger partial charge in [-0.2, -0.15) is 10.1 Å². The molecule has 1 aliphatic heterocycles. The van der Waals surface area contributed by atoms with Crippen LogP contribution < -0.4 is 0 Å². The Labute approximate surface area is 189 Å². The van der Waals surface area contributed by atoms with Crippen LogP contribution in [0.2, 0.25) is 5.02 Å². The van der Waals surface area contributed by atoms with Crippen molar-refractivity contribution in [3.63, 3.8) is 0 Å². The Morgan fingerprint density at radius 1 is 1.31 bits per heavy atom. The molecule has 164 valence electrons. The Kier molecular flexibility index (Phi) is 5.26.